The predicted molar refractivity (Wildman–Crippen MR) is 117 cm³/mol. The van der Waals surface area contributed by atoms with E-state index in [-0.39, 0.29) is 11.9 Å². The molecule has 0 saturated carbocycles. The van der Waals surface area contributed by atoms with Crippen molar-refractivity contribution in [1.29, 1.82) is 0 Å². The van der Waals surface area contributed by atoms with Gasteiger partial charge >= 0.3 is 0 Å². The molecule has 2 aromatic carbocycles. The van der Waals surface area contributed by atoms with Gasteiger partial charge in [-0.15, -0.1) is 0 Å². The first kappa shape index (κ1) is 20.3. The maximum absolute atomic E-state index is 13.1. The fourth-order valence-electron chi connectivity index (χ4n) is 4.15. The van der Waals surface area contributed by atoms with Gasteiger partial charge in [0.2, 0.25) is 0 Å². The molecule has 0 unspecified atom stereocenters. The van der Waals surface area contributed by atoms with Gasteiger partial charge in [0.05, 0.1) is 24.5 Å². The van der Waals surface area contributed by atoms with E-state index in [1.54, 1.807) is 0 Å². The number of carbonyl (C=O) groups excluding carboxylic acids is 1. The van der Waals surface area contributed by atoms with Crippen LogP contribution in [0.1, 0.15) is 46.4 Å². The van der Waals surface area contributed by atoms with Gasteiger partial charge in [0, 0.05) is 43.4 Å². The van der Waals surface area contributed by atoms with E-state index in [9.17, 15) is 4.79 Å². The zero-order chi connectivity index (χ0) is 21.1. The molecule has 0 bridgehead atoms. The lowest BCUT2D eigenvalue weighted by Gasteiger charge is -2.27. The normalized spacial score (nSPS) is 14.2. The third-order valence-electron chi connectivity index (χ3n) is 5.62. The smallest absolute Gasteiger partial charge is 0.255 e. The molecule has 0 saturated heterocycles. The molecule has 2 heterocycles. The van der Waals surface area contributed by atoms with Crippen molar-refractivity contribution < 1.29 is 9.53 Å². The zero-order valence-electron chi connectivity index (χ0n) is 17.5. The molecule has 0 aliphatic carbocycles. The molecule has 0 spiro atoms. The summed E-state index contributed by atoms with van der Waals surface area (Å²) < 4.78 is 7.61. The van der Waals surface area contributed by atoms with Crippen LogP contribution in [-0.2, 0) is 24.9 Å². The van der Waals surface area contributed by atoms with Gasteiger partial charge in [-0.25, -0.2) is 0 Å². The Morgan fingerprint density at radius 3 is 2.73 bits per heavy atom. The summed E-state index contributed by atoms with van der Waals surface area (Å²) in [6.45, 7) is 4.29. The lowest BCUT2D eigenvalue weighted by Crippen LogP contribution is -2.34. The van der Waals surface area contributed by atoms with E-state index in [1.807, 2.05) is 65.3 Å². The van der Waals surface area contributed by atoms with Gasteiger partial charge in [-0.05, 0) is 29.7 Å². The highest BCUT2D eigenvalue weighted by Crippen LogP contribution is 2.34. The summed E-state index contributed by atoms with van der Waals surface area (Å²) in [4.78, 5) is 15.0. The number of ether oxygens (including phenoxy) is 1. The number of hydrogen-bond acceptors (Lipinski definition) is 4. The lowest BCUT2D eigenvalue weighted by molar-refractivity contribution is 0.0707. The van der Waals surface area contributed by atoms with Crippen molar-refractivity contribution >= 4 is 5.91 Å². The van der Waals surface area contributed by atoms with Crippen molar-refractivity contribution in [3.63, 3.8) is 0 Å². The van der Waals surface area contributed by atoms with Crippen molar-refractivity contribution in [2.45, 2.75) is 32.5 Å². The molecule has 1 aliphatic rings. The average molecular weight is 405 g/mol. The van der Waals surface area contributed by atoms with E-state index in [4.69, 9.17) is 10.5 Å². The van der Waals surface area contributed by atoms with E-state index in [0.29, 0.717) is 19.7 Å². The molecular weight excluding hydrogens is 376 g/mol. The maximum atomic E-state index is 13.1. The van der Waals surface area contributed by atoms with Gasteiger partial charge in [-0.2, -0.15) is 5.10 Å². The molecular formula is C24H28N4O2. The Bertz CT molecular complexity index is 1030. The number of nitrogens with two attached hydrogens (primary N) is 1. The minimum atomic E-state index is -0.135. The second kappa shape index (κ2) is 8.81. The molecule has 6 nitrogen and oxygen atoms in total. The minimum absolute atomic E-state index is 0.0346. The number of aromatic nitrogens is 2. The van der Waals surface area contributed by atoms with Crippen molar-refractivity contribution in [3.05, 3.63) is 77.0 Å². The summed E-state index contributed by atoms with van der Waals surface area (Å²) in [5.41, 5.74) is 12.0. The third-order valence-corrected chi connectivity index (χ3v) is 5.62. The third kappa shape index (κ3) is 3.76. The largest absolute Gasteiger partial charge is 0.377 e. The van der Waals surface area contributed by atoms with Crippen LogP contribution < -0.4 is 5.73 Å². The van der Waals surface area contributed by atoms with Gasteiger partial charge < -0.3 is 15.4 Å². The van der Waals surface area contributed by atoms with Gasteiger partial charge in [-0.1, -0.05) is 43.3 Å². The number of benzene rings is 2. The van der Waals surface area contributed by atoms with Crippen LogP contribution >= 0.6 is 0 Å². The van der Waals surface area contributed by atoms with Crippen LogP contribution in [0, 0.1) is 0 Å². The fraction of sp³-hybridized carbons (Fsp3) is 0.333. The fourth-order valence-corrected chi connectivity index (χ4v) is 4.15. The second-order valence-corrected chi connectivity index (χ2v) is 7.66. The Labute approximate surface area is 177 Å². The number of aryl methyl sites for hydroxylation is 1. The highest BCUT2D eigenvalue weighted by molar-refractivity contribution is 5.99. The molecule has 1 aromatic heterocycles. The number of nitrogens with zero attached hydrogens (tertiary/aromatic N) is 3. The van der Waals surface area contributed by atoms with Crippen LogP contribution in [0.3, 0.4) is 0 Å². The minimum Gasteiger partial charge on any atom is -0.377 e. The zero-order valence-corrected chi connectivity index (χ0v) is 17.5. The summed E-state index contributed by atoms with van der Waals surface area (Å²) in [7, 11) is 1.93. The van der Waals surface area contributed by atoms with E-state index in [1.165, 1.54) is 0 Å². The van der Waals surface area contributed by atoms with Crippen LogP contribution in [0.25, 0.3) is 11.3 Å². The maximum Gasteiger partial charge on any atom is 0.255 e. The van der Waals surface area contributed by atoms with Crippen molar-refractivity contribution in [2.24, 2.45) is 12.8 Å². The first-order chi connectivity index (χ1) is 14.6. The van der Waals surface area contributed by atoms with E-state index in [2.05, 4.69) is 18.1 Å². The Hall–Kier alpha value is -2.96. The molecule has 30 heavy (non-hydrogen) atoms. The Morgan fingerprint density at radius 1 is 1.20 bits per heavy atom. The van der Waals surface area contributed by atoms with Crippen molar-refractivity contribution in [1.82, 2.24) is 14.7 Å². The Balaban J connectivity index is 1.62. The van der Waals surface area contributed by atoms with Crippen molar-refractivity contribution in [3.8, 4) is 11.3 Å². The number of amides is 1. The van der Waals surface area contributed by atoms with Crippen LogP contribution in [-0.4, -0.2) is 33.7 Å². The monoisotopic (exact) mass is 404 g/mol. The molecule has 0 fully saturated rings. The van der Waals surface area contributed by atoms with Gasteiger partial charge in [0.1, 0.15) is 0 Å². The van der Waals surface area contributed by atoms with E-state index < -0.39 is 0 Å². The second-order valence-electron chi connectivity index (χ2n) is 7.66. The highest BCUT2D eigenvalue weighted by atomic mass is 16.5. The van der Waals surface area contributed by atoms with Crippen LogP contribution in [0.5, 0.6) is 0 Å². The summed E-state index contributed by atoms with van der Waals surface area (Å²) in [5.74, 6) is 0.0346. The molecule has 4 rings (SSSR count). The molecule has 3 aromatic rings. The van der Waals surface area contributed by atoms with Gasteiger partial charge in [0.25, 0.3) is 5.91 Å². The molecule has 6 heteroatoms. The summed E-state index contributed by atoms with van der Waals surface area (Å²) >= 11 is 0. The number of fused-ring (bicyclic) bond motifs is 1. The molecule has 1 amide bonds. The Kier molecular flexibility index (Phi) is 5.97. The molecule has 1 atom stereocenters. The number of hydrogen-bond donors (Lipinski definition) is 1. The van der Waals surface area contributed by atoms with Crippen LogP contribution in [0.15, 0.2) is 54.7 Å². The topological polar surface area (TPSA) is 73.4 Å². The van der Waals surface area contributed by atoms with Crippen LogP contribution in [0.2, 0.25) is 0 Å². The van der Waals surface area contributed by atoms with E-state index in [0.717, 1.165) is 46.5 Å². The summed E-state index contributed by atoms with van der Waals surface area (Å²) in [5, 5.41) is 4.42. The van der Waals surface area contributed by atoms with Gasteiger partial charge in [0.15, 0.2) is 0 Å². The van der Waals surface area contributed by atoms with E-state index >= 15 is 0 Å². The molecule has 156 valence electrons. The lowest BCUT2D eigenvalue weighted by atomic mass is 10.0. The first-order valence-electron chi connectivity index (χ1n) is 10.4. The predicted octanol–water partition coefficient (Wildman–Crippen LogP) is 3.67. The van der Waals surface area contributed by atoms with Crippen LogP contribution in [0.4, 0.5) is 0 Å². The SMILES string of the molecule is CCCOCc1cnn(C)c1-c1ccc2c(c1)CN([C@@H](CN)c1ccccc1)C2=O. The molecule has 2 N–H and O–H groups in total. The summed E-state index contributed by atoms with van der Waals surface area (Å²) in [6, 6.07) is 15.9. The Morgan fingerprint density at radius 2 is 2.00 bits per heavy atom. The number of rotatable bonds is 8. The molecule has 1 aliphatic heterocycles. The number of carbonyl (C=O) groups is 1. The van der Waals surface area contributed by atoms with Gasteiger partial charge in [-0.3, -0.25) is 9.48 Å². The quantitative estimate of drug-likeness (QED) is 0.582. The first-order valence-corrected chi connectivity index (χ1v) is 10.4. The summed E-state index contributed by atoms with van der Waals surface area (Å²) in [6.07, 6.45) is 2.84. The molecule has 0 radical (unpaired) electrons. The van der Waals surface area contributed by atoms with Crippen molar-refractivity contribution in [2.75, 3.05) is 13.2 Å². The standard InChI is InChI=1S/C24H28N4O2/c1-3-11-30-16-20-14-26-27(2)23(20)18-9-10-21-19(12-18)15-28(24(21)29)22(13-25)17-7-5-4-6-8-17/h4-10,12,14,22H,3,11,13,15-16,25H2,1-2H3/t22-/m0/s1. The average Bonchev–Trinajstić information content (AvgIpc) is 3.29. The highest BCUT2D eigenvalue weighted by Gasteiger charge is 2.33.